The predicted molar refractivity (Wildman–Crippen MR) is 83.5 cm³/mol. The number of anilines is 1. The van der Waals surface area contributed by atoms with E-state index in [-0.39, 0.29) is 17.6 Å². The Labute approximate surface area is 131 Å². The van der Waals surface area contributed by atoms with Crippen LogP contribution in [-0.2, 0) is 4.79 Å². The van der Waals surface area contributed by atoms with E-state index in [1.807, 2.05) is 5.38 Å². The number of nitrogens with one attached hydrogen (secondary N) is 1. The Hall–Kier alpha value is -2.28. The van der Waals surface area contributed by atoms with Gasteiger partial charge in [0.1, 0.15) is 5.82 Å². The normalized spacial score (nSPS) is 10.3. The third kappa shape index (κ3) is 4.36. The fourth-order valence-electron chi connectivity index (χ4n) is 1.80. The minimum atomic E-state index is -0.382. The van der Waals surface area contributed by atoms with Gasteiger partial charge in [-0.3, -0.25) is 14.5 Å². The van der Waals surface area contributed by atoms with E-state index < -0.39 is 0 Å². The van der Waals surface area contributed by atoms with E-state index >= 15 is 0 Å². The molecule has 0 atom stereocenters. The zero-order valence-electron chi connectivity index (χ0n) is 12.1. The third-order valence-corrected chi connectivity index (χ3v) is 3.89. The van der Waals surface area contributed by atoms with Crippen LogP contribution >= 0.6 is 11.3 Å². The Kier molecular flexibility index (Phi) is 5.60. The Morgan fingerprint density at radius 1 is 1.32 bits per heavy atom. The number of benzene rings is 1. The molecule has 116 valence electrons. The number of aromatic nitrogens is 1. The van der Waals surface area contributed by atoms with Crippen LogP contribution in [0.4, 0.5) is 9.52 Å². The monoisotopic (exact) mass is 321 g/mol. The molecule has 7 heteroatoms. The van der Waals surface area contributed by atoms with Crippen molar-refractivity contribution in [2.24, 2.45) is 0 Å². The first-order valence-electron chi connectivity index (χ1n) is 6.78. The molecule has 0 aliphatic carbocycles. The molecule has 0 radical (unpaired) electrons. The minimum Gasteiger partial charge on any atom is -0.352 e. The number of halogens is 1. The number of hydrogen-bond donors (Lipinski definition) is 1. The molecule has 0 bridgehead atoms. The second kappa shape index (κ2) is 7.65. The summed E-state index contributed by atoms with van der Waals surface area (Å²) in [6.07, 6.45) is 2.49. The molecule has 2 aromatic rings. The molecule has 1 aromatic heterocycles. The number of carbonyl (C=O) groups excluding carboxylic acids is 2. The lowest BCUT2D eigenvalue weighted by Crippen LogP contribution is -2.28. The summed E-state index contributed by atoms with van der Waals surface area (Å²) in [6, 6.07) is 5.32. The highest BCUT2D eigenvalue weighted by Gasteiger charge is 2.12. The van der Waals surface area contributed by atoms with Gasteiger partial charge in [-0.05, 0) is 30.7 Å². The van der Waals surface area contributed by atoms with Crippen LogP contribution in [0.2, 0.25) is 0 Å². The van der Waals surface area contributed by atoms with E-state index in [1.165, 1.54) is 40.5 Å². The quantitative estimate of drug-likeness (QED) is 0.831. The SMILES string of the molecule is CN(C(=O)CCCNC(=O)c1ccc(F)cc1)c1nccs1. The summed E-state index contributed by atoms with van der Waals surface area (Å²) < 4.78 is 12.8. The second-order valence-electron chi connectivity index (χ2n) is 4.63. The maximum absolute atomic E-state index is 12.8. The van der Waals surface area contributed by atoms with E-state index in [0.717, 1.165) is 0 Å². The molecule has 5 nitrogen and oxygen atoms in total. The van der Waals surface area contributed by atoms with Crippen molar-refractivity contribution in [2.45, 2.75) is 12.8 Å². The summed E-state index contributed by atoms with van der Waals surface area (Å²) in [5.41, 5.74) is 0.396. The molecular weight excluding hydrogens is 305 g/mol. The average molecular weight is 321 g/mol. The summed E-state index contributed by atoms with van der Waals surface area (Å²) in [5.74, 6) is -0.709. The number of nitrogens with zero attached hydrogens (tertiary/aromatic N) is 2. The number of rotatable bonds is 6. The molecular formula is C15H16FN3O2S. The van der Waals surface area contributed by atoms with Crippen LogP contribution in [0, 0.1) is 5.82 Å². The van der Waals surface area contributed by atoms with Gasteiger partial charge in [-0.1, -0.05) is 0 Å². The van der Waals surface area contributed by atoms with Crippen LogP contribution in [0.25, 0.3) is 0 Å². The Morgan fingerprint density at radius 3 is 2.68 bits per heavy atom. The van der Waals surface area contributed by atoms with Gasteiger partial charge >= 0.3 is 0 Å². The van der Waals surface area contributed by atoms with Crippen molar-refractivity contribution in [3.8, 4) is 0 Å². The number of amides is 2. The summed E-state index contributed by atoms with van der Waals surface area (Å²) in [6.45, 7) is 0.383. The number of thiazole rings is 1. The molecule has 0 aliphatic heterocycles. The van der Waals surface area contributed by atoms with Crippen LogP contribution in [0.3, 0.4) is 0 Å². The van der Waals surface area contributed by atoms with Crippen molar-refractivity contribution < 1.29 is 14.0 Å². The molecule has 2 amide bonds. The minimum absolute atomic E-state index is 0.0500. The lowest BCUT2D eigenvalue weighted by molar-refractivity contribution is -0.118. The van der Waals surface area contributed by atoms with Crippen molar-refractivity contribution in [3.05, 3.63) is 47.2 Å². The molecule has 0 saturated heterocycles. The molecule has 0 fully saturated rings. The van der Waals surface area contributed by atoms with Gasteiger partial charge in [0.15, 0.2) is 5.13 Å². The highest BCUT2D eigenvalue weighted by Crippen LogP contribution is 2.16. The Balaban J connectivity index is 1.71. The van der Waals surface area contributed by atoms with E-state index in [9.17, 15) is 14.0 Å². The molecule has 2 rings (SSSR count). The number of hydrogen-bond acceptors (Lipinski definition) is 4. The first kappa shape index (κ1) is 16.1. The van der Waals surface area contributed by atoms with Crippen LogP contribution < -0.4 is 10.2 Å². The van der Waals surface area contributed by atoms with Gasteiger partial charge in [-0.15, -0.1) is 11.3 Å². The van der Waals surface area contributed by atoms with Gasteiger partial charge < -0.3 is 5.32 Å². The molecule has 0 unspecified atom stereocenters. The highest BCUT2D eigenvalue weighted by molar-refractivity contribution is 7.13. The van der Waals surface area contributed by atoms with Crippen LogP contribution in [0.1, 0.15) is 23.2 Å². The molecule has 0 saturated carbocycles. The van der Waals surface area contributed by atoms with Crippen LogP contribution in [0.5, 0.6) is 0 Å². The van der Waals surface area contributed by atoms with Crippen molar-refractivity contribution in [3.63, 3.8) is 0 Å². The van der Waals surface area contributed by atoms with E-state index in [1.54, 1.807) is 13.2 Å². The van der Waals surface area contributed by atoms with Crippen molar-refractivity contribution in [1.82, 2.24) is 10.3 Å². The van der Waals surface area contributed by atoms with Gasteiger partial charge in [0.2, 0.25) is 5.91 Å². The molecule has 0 aliphatic rings. The zero-order chi connectivity index (χ0) is 15.9. The average Bonchev–Trinajstić information content (AvgIpc) is 3.05. The smallest absolute Gasteiger partial charge is 0.251 e. The largest absolute Gasteiger partial charge is 0.352 e. The fourth-order valence-corrected chi connectivity index (χ4v) is 2.43. The van der Waals surface area contributed by atoms with Gasteiger partial charge in [0, 0.05) is 37.2 Å². The molecule has 1 aromatic carbocycles. The summed E-state index contributed by atoms with van der Waals surface area (Å²) in [7, 11) is 1.68. The Bertz CT molecular complexity index is 629. The topological polar surface area (TPSA) is 62.3 Å². The summed E-state index contributed by atoms with van der Waals surface area (Å²) in [5, 5.41) is 5.16. The lowest BCUT2D eigenvalue weighted by Gasteiger charge is -2.13. The second-order valence-corrected chi connectivity index (χ2v) is 5.51. The lowest BCUT2D eigenvalue weighted by atomic mass is 10.2. The summed E-state index contributed by atoms with van der Waals surface area (Å²) in [4.78, 5) is 29.3. The summed E-state index contributed by atoms with van der Waals surface area (Å²) >= 11 is 1.40. The van der Waals surface area contributed by atoms with E-state index in [2.05, 4.69) is 10.3 Å². The van der Waals surface area contributed by atoms with Gasteiger partial charge in [0.05, 0.1) is 0 Å². The molecule has 0 spiro atoms. The van der Waals surface area contributed by atoms with Crippen molar-refractivity contribution in [1.29, 1.82) is 0 Å². The standard InChI is InChI=1S/C15H16FN3O2S/c1-19(15-18-9-10-22-15)13(20)3-2-8-17-14(21)11-4-6-12(16)7-5-11/h4-7,9-10H,2-3,8H2,1H3,(H,17,21). The first-order chi connectivity index (χ1) is 10.6. The predicted octanol–water partition coefficient (Wildman–Crippen LogP) is 2.46. The molecule has 1 N–H and O–H groups in total. The van der Waals surface area contributed by atoms with Crippen molar-refractivity contribution >= 4 is 28.3 Å². The van der Waals surface area contributed by atoms with Gasteiger partial charge in [-0.25, -0.2) is 9.37 Å². The van der Waals surface area contributed by atoms with Crippen LogP contribution in [0.15, 0.2) is 35.8 Å². The van der Waals surface area contributed by atoms with E-state index in [0.29, 0.717) is 30.1 Å². The first-order valence-corrected chi connectivity index (χ1v) is 7.65. The van der Waals surface area contributed by atoms with Crippen molar-refractivity contribution in [2.75, 3.05) is 18.5 Å². The van der Waals surface area contributed by atoms with Gasteiger partial charge in [-0.2, -0.15) is 0 Å². The highest BCUT2D eigenvalue weighted by atomic mass is 32.1. The van der Waals surface area contributed by atoms with E-state index in [4.69, 9.17) is 0 Å². The Morgan fingerprint density at radius 2 is 2.05 bits per heavy atom. The molecule has 1 heterocycles. The zero-order valence-corrected chi connectivity index (χ0v) is 12.9. The van der Waals surface area contributed by atoms with Crippen LogP contribution in [-0.4, -0.2) is 30.4 Å². The maximum Gasteiger partial charge on any atom is 0.251 e. The van der Waals surface area contributed by atoms with Gasteiger partial charge in [0.25, 0.3) is 5.91 Å². The maximum atomic E-state index is 12.8. The number of carbonyl (C=O) groups is 2. The fraction of sp³-hybridized carbons (Fsp3) is 0.267. The third-order valence-electron chi connectivity index (χ3n) is 3.04. The molecule has 22 heavy (non-hydrogen) atoms.